The third kappa shape index (κ3) is 2.58. The maximum Gasteiger partial charge on any atom is 0.256 e. The summed E-state index contributed by atoms with van der Waals surface area (Å²) in [5, 5.41) is 17.6. The van der Waals surface area contributed by atoms with Gasteiger partial charge in [-0.3, -0.25) is 4.79 Å². The number of benzene rings is 1. The highest BCUT2D eigenvalue weighted by Crippen LogP contribution is 2.43. The number of halogens is 2. The summed E-state index contributed by atoms with van der Waals surface area (Å²) in [7, 11) is 0. The van der Waals surface area contributed by atoms with E-state index in [4.69, 9.17) is 0 Å². The number of hydrogen-bond acceptors (Lipinski definition) is 4. The van der Waals surface area contributed by atoms with Crippen LogP contribution >= 0.6 is 43.2 Å². The van der Waals surface area contributed by atoms with Crippen LogP contribution in [-0.4, -0.2) is 11.0 Å². The van der Waals surface area contributed by atoms with E-state index in [1.807, 2.05) is 6.07 Å². The molecule has 2 aromatic rings. The Bertz CT molecular complexity index is 819. The quantitative estimate of drug-likeness (QED) is 0.581. The van der Waals surface area contributed by atoms with Crippen molar-refractivity contribution >= 4 is 54.1 Å². The minimum atomic E-state index is -0.441. The fourth-order valence-electron chi connectivity index (χ4n) is 3.24. The Morgan fingerprint density at radius 1 is 1.17 bits per heavy atom. The predicted molar refractivity (Wildman–Crippen MR) is 98.3 cm³/mol. The van der Waals surface area contributed by atoms with Gasteiger partial charge in [-0.15, -0.1) is 11.3 Å². The second-order valence-corrected chi connectivity index (χ2v) is 8.67. The average Bonchev–Trinajstić information content (AvgIpc) is 2.89. The number of carbonyl (C=O) groups is 1. The maximum atomic E-state index is 12.6. The highest BCUT2D eigenvalue weighted by molar-refractivity contribution is 9.11. The molecule has 7 heteroatoms. The van der Waals surface area contributed by atoms with Gasteiger partial charge in [-0.25, -0.2) is 0 Å². The Kier molecular flexibility index (Phi) is 3.90. The lowest BCUT2D eigenvalue weighted by atomic mass is 9.94. The molecule has 4 rings (SSSR count). The first-order valence-corrected chi connectivity index (χ1v) is 9.84. The van der Waals surface area contributed by atoms with E-state index in [9.17, 15) is 9.90 Å². The van der Waals surface area contributed by atoms with Gasteiger partial charge in [0.05, 0.1) is 10.0 Å². The van der Waals surface area contributed by atoms with E-state index in [1.54, 1.807) is 17.4 Å². The predicted octanol–water partition coefficient (Wildman–Crippen LogP) is 4.71. The molecule has 0 saturated carbocycles. The Balaban J connectivity index is 1.76. The molecule has 0 fully saturated rings. The summed E-state index contributed by atoms with van der Waals surface area (Å²) in [5.74, 6) is 0.0782. The van der Waals surface area contributed by atoms with Crippen molar-refractivity contribution in [2.75, 3.05) is 5.32 Å². The van der Waals surface area contributed by atoms with Crippen LogP contribution in [0.1, 0.15) is 45.4 Å². The third-order valence-electron chi connectivity index (χ3n) is 4.32. The minimum absolute atomic E-state index is 0.0568. The summed E-state index contributed by atoms with van der Waals surface area (Å²) in [4.78, 5) is 14.0. The first-order valence-electron chi connectivity index (χ1n) is 7.44. The molecule has 0 spiro atoms. The van der Waals surface area contributed by atoms with Gasteiger partial charge in [0.1, 0.15) is 16.9 Å². The minimum Gasteiger partial charge on any atom is -0.506 e. The van der Waals surface area contributed by atoms with Gasteiger partial charge in [0.25, 0.3) is 5.91 Å². The molecule has 4 nitrogen and oxygen atoms in total. The normalized spacial score (nSPS) is 19.6. The Morgan fingerprint density at radius 2 is 1.96 bits per heavy atom. The van der Waals surface area contributed by atoms with Crippen LogP contribution in [0, 0.1) is 0 Å². The summed E-state index contributed by atoms with van der Waals surface area (Å²) in [6, 6.07) is 3.59. The molecule has 0 saturated heterocycles. The molecule has 1 aliphatic carbocycles. The zero-order valence-corrected chi connectivity index (χ0v) is 16.1. The smallest absolute Gasteiger partial charge is 0.256 e. The number of aryl methyl sites for hydroxylation is 1. The average molecular weight is 458 g/mol. The van der Waals surface area contributed by atoms with Crippen molar-refractivity contribution < 1.29 is 9.90 Å². The molecule has 0 radical (unpaired) electrons. The van der Waals surface area contributed by atoms with Crippen LogP contribution < -0.4 is 10.6 Å². The lowest BCUT2D eigenvalue weighted by molar-refractivity contribution is 0.0935. The van der Waals surface area contributed by atoms with Gasteiger partial charge in [-0.2, -0.15) is 0 Å². The number of aromatic hydroxyl groups is 1. The number of phenols is 1. The lowest BCUT2D eigenvalue weighted by Crippen LogP contribution is -2.38. The summed E-state index contributed by atoms with van der Waals surface area (Å²) in [6.07, 6.45) is 3.93. The third-order valence-corrected chi connectivity index (χ3v) is 6.60. The number of hydrogen-bond donors (Lipinski definition) is 3. The van der Waals surface area contributed by atoms with E-state index >= 15 is 0 Å². The maximum absolute atomic E-state index is 12.6. The van der Waals surface area contributed by atoms with Crippen LogP contribution in [0.4, 0.5) is 5.00 Å². The van der Waals surface area contributed by atoms with E-state index in [0.29, 0.717) is 10.0 Å². The second kappa shape index (κ2) is 5.79. The van der Waals surface area contributed by atoms with E-state index in [0.717, 1.165) is 34.3 Å². The standard InChI is InChI=1S/C16H14Br2N2O2S/c17-7-5-9(13(21)10(18)6-7)14-19-15(22)12-8-3-1-2-4-11(8)23-16(12)20-14/h5-6,14,20-21H,1-4H2,(H,19,22)/t14-/m1/s1. The fraction of sp³-hybridized carbons (Fsp3) is 0.312. The van der Waals surface area contributed by atoms with E-state index in [1.165, 1.54) is 16.9 Å². The van der Waals surface area contributed by atoms with Gasteiger partial charge >= 0.3 is 0 Å². The van der Waals surface area contributed by atoms with E-state index in [2.05, 4.69) is 42.5 Å². The molecule has 1 amide bonds. The zero-order chi connectivity index (χ0) is 16.1. The van der Waals surface area contributed by atoms with Crippen molar-refractivity contribution in [1.29, 1.82) is 0 Å². The summed E-state index contributed by atoms with van der Waals surface area (Å²) in [6.45, 7) is 0. The van der Waals surface area contributed by atoms with Crippen LogP contribution in [0.5, 0.6) is 5.75 Å². The van der Waals surface area contributed by atoms with Gasteiger partial charge < -0.3 is 15.7 Å². The number of amides is 1. The monoisotopic (exact) mass is 456 g/mol. The highest BCUT2D eigenvalue weighted by atomic mass is 79.9. The number of anilines is 1. The molecule has 0 unspecified atom stereocenters. The van der Waals surface area contributed by atoms with Crippen molar-refractivity contribution in [1.82, 2.24) is 5.32 Å². The molecule has 3 N–H and O–H groups in total. The van der Waals surface area contributed by atoms with Crippen molar-refractivity contribution in [3.05, 3.63) is 42.6 Å². The lowest BCUT2D eigenvalue weighted by Gasteiger charge is -2.27. The second-order valence-electron chi connectivity index (χ2n) is 5.79. The molecular weight excluding hydrogens is 444 g/mol. The first-order chi connectivity index (χ1) is 11.0. The van der Waals surface area contributed by atoms with Crippen molar-refractivity contribution in [2.45, 2.75) is 31.8 Å². The topological polar surface area (TPSA) is 61.4 Å². The molecular formula is C16H14Br2N2O2S. The molecule has 1 aromatic carbocycles. The van der Waals surface area contributed by atoms with Gasteiger partial charge in [0.2, 0.25) is 0 Å². The van der Waals surface area contributed by atoms with Gasteiger partial charge in [-0.05, 0) is 59.3 Å². The summed E-state index contributed by atoms with van der Waals surface area (Å²) >= 11 is 8.44. The molecule has 120 valence electrons. The number of thiophene rings is 1. The molecule has 0 bridgehead atoms. The first kappa shape index (κ1) is 15.5. The van der Waals surface area contributed by atoms with Crippen LogP contribution in [0.3, 0.4) is 0 Å². The Labute approximate surface area is 154 Å². The SMILES string of the molecule is O=C1N[C@@H](c2cc(Br)cc(Br)c2O)Nc2sc3c(c21)CCCC3. The number of rotatable bonds is 1. The number of carbonyl (C=O) groups excluding carboxylic acids is 1. The van der Waals surface area contributed by atoms with E-state index in [-0.39, 0.29) is 11.7 Å². The molecule has 2 heterocycles. The zero-order valence-electron chi connectivity index (χ0n) is 12.1. The summed E-state index contributed by atoms with van der Waals surface area (Å²) in [5.41, 5.74) is 2.64. The molecule has 1 atom stereocenters. The van der Waals surface area contributed by atoms with Crippen molar-refractivity contribution in [3.63, 3.8) is 0 Å². The van der Waals surface area contributed by atoms with Crippen LogP contribution in [0.15, 0.2) is 21.1 Å². The van der Waals surface area contributed by atoms with Crippen LogP contribution in [0.25, 0.3) is 0 Å². The largest absolute Gasteiger partial charge is 0.506 e. The van der Waals surface area contributed by atoms with Gasteiger partial charge in [0, 0.05) is 14.9 Å². The van der Waals surface area contributed by atoms with Crippen LogP contribution in [-0.2, 0) is 12.8 Å². The van der Waals surface area contributed by atoms with Gasteiger partial charge in [-0.1, -0.05) is 15.9 Å². The van der Waals surface area contributed by atoms with Crippen molar-refractivity contribution in [2.24, 2.45) is 0 Å². The molecule has 2 aliphatic rings. The van der Waals surface area contributed by atoms with Crippen LogP contribution in [0.2, 0.25) is 0 Å². The summed E-state index contributed by atoms with van der Waals surface area (Å²) < 4.78 is 1.43. The fourth-order valence-corrected chi connectivity index (χ4v) is 5.81. The molecule has 1 aromatic heterocycles. The number of phenolic OH excluding ortho intramolecular Hbond substituents is 1. The highest BCUT2D eigenvalue weighted by Gasteiger charge is 2.33. The Hall–Kier alpha value is -1.05. The number of nitrogens with one attached hydrogen (secondary N) is 2. The van der Waals surface area contributed by atoms with E-state index < -0.39 is 6.17 Å². The van der Waals surface area contributed by atoms with Crippen molar-refractivity contribution in [3.8, 4) is 5.75 Å². The molecule has 23 heavy (non-hydrogen) atoms. The number of fused-ring (bicyclic) bond motifs is 3. The Morgan fingerprint density at radius 3 is 2.78 bits per heavy atom. The van der Waals surface area contributed by atoms with Gasteiger partial charge in [0.15, 0.2) is 0 Å². The molecule has 1 aliphatic heterocycles.